The Morgan fingerprint density at radius 1 is 1.39 bits per heavy atom. The number of rotatable bonds is 6. The van der Waals surface area contributed by atoms with E-state index in [0.717, 1.165) is 5.56 Å². The fourth-order valence-electron chi connectivity index (χ4n) is 1.40. The first kappa shape index (κ1) is 14.6. The van der Waals surface area contributed by atoms with Crippen molar-refractivity contribution in [2.24, 2.45) is 0 Å². The number of aliphatic hydroxyl groups excluding tert-OH is 1. The van der Waals surface area contributed by atoms with Gasteiger partial charge in [0.25, 0.3) is 0 Å². The van der Waals surface area contributed by atoms with Crippen molar-refractivity contribution in [2.75, 3.05) is 26.8 Å². The fraction of sp³-hybridized carbons (Fsp3) is 0.417. The SMILES string of the molecule is COc1ccc(CCNC(=O)NCCO)c(Cl)c1. The number of hydrogen-bond donors (Lipinski definition) is 3. The van der Waals surface area contributed by atoms with Crippen LogP contribution in [0.4, 0.5) is 4.79 Å². The van der Waals surface area contributed by atoms with E-state index in [4.69, 9.17) is 21.4 Å². The molecule has 1 aromatic carbocycles. The Bertz CT molecular complexity index is 399. The average molecular weight is 273 g/mol. The van der Waals surface area contributed by atoms with E-state index in [0.29, 0.717) is 23.7 Å². The summed E-state index contributed by atoms with van der Waals surface area (Å²) in [4.78, 5) is 11.2. The first-order chi connectivity index (χ1) is 8.67. The number of methoxy groups -OCH3 is 1. The van der Waals surface area contributed by atoms with Crippen molar-refractivity contribution in [3.8, 4) is 5.75 Å². The van der Waals surface area contributed by atoms with Crippen LogP contribution in [0.2, 0.25) is 5.02 Å². The Balaban J connectivity index is 2.37. The zero-order valence-electron chi connectivity index (χ0n) is 10.2. The topological polar surface area (TPSA) is 70.6 Å². The van der Waals surface area contributed by atoms with Gasteiger partial charge in [-0.05, 0) is 24.1 Å². The summed E-state index contributed by atoms with van der Waals surface area (Å²) in [5.41, 5.74) is 0.944. The van der Waals surface area contributed by atoms with Gasteiger partial charge >= 0.3 is 6.03 Å². The van der Waals surface area contributed by atoms with Crippen molar-refractivity contribution in [3.05, 3.63) is 28.8 Å². The molecular weight excluding hydrogens is 256 g/mol. The molecule has 100 valence electrons. The van der Waals surface area contributed by atoms with E-state index in [1.807, 2.05) is 12.1 Å². The standard InChI is InChI=1S/C12H17ClN2O3/c1-18-10-3-2-9(11(13)8-10)4-5-14-12(17)15-6-7-16/h2-3,8,16H,4-7H2,1H3,(H2,14,15,17). The maximum atomic E-state index is 11.2. The summed E-state index contributed by atoms with van der Waals surface area (Å²) in [5, 5.41) is 14.3. The van der Waals surface area contributed by atoms with Crippen molar-refractivity contribution in [1.29, 1.82) is 0 Å². The monoisotopic (exact) mass is 272 g/mol. The number of nitrogens with one attached hydrogen (secondary N) is 2. The second kappa shape index (κ2) is 7.79. The number of benzene rings is 1. The van der Waals surface area contributed by atoms with Crippen LogP contribution in [-0.2, 0) is 6.42 Å². The predicted molar refractivity (Wildman–Crippen MR) is 70.2 cm³/mol. The molecule has 0 aliphatic heterocycles. The molecule has 0 aliphatic rings. The molecule has 0 aromatic heterocycles. The van der Waals surface area contributed by atoms with Gasteiger partial charge < -0.3 is 20.5 Å². The quantitative estimate of drug-likeness (QED) is 0.728. The molecule has 2 amide bonds. The summed E-state index contributed by atoms with van der Waals surface area (Å²) in [6.45, 7) is 0.649. The van der Waals surface area contributed by atoms with Crippen LogP contribution in [0.5, 0.6) is 5.75 Å². The Labute approximate surface area is 111 Å². The van der Waals surface area contributed by atoms with Gasteiger partial charge in [-0.25, -0.2) is 4.79 Å². The lowest BCUT2D eigenvalue weighted by Crippen LogP contribution is -2.37. The lowest BCUT2D eigenvalue weighted by molar-refractivity contribution is 0.234. The number of halogens is 1. The molecular formula is C12H17ClN2O3. The highest BCUT2D eigenvalue weighted by atomic mass is 35.5. The summed E-state index contributed by atoms with van der Waals surface area (Å²) in [6, 6.07) is 5.14. The molecule has 0 heterocycles. The van der Waals surface area contributed by atoms with Gasteiger partial charge in [0.1, 0.15) is 5.75 Å². The molecule has 5 nitrogen and oxygen atoms in total. The Morgan fingerprint density at radius 2 is 2.11 bits per heavy atom. The molecule has 0 radical (unpaired) electrons. The number of hydrogen-bond acceptors (Lipinski definition) is 3. The highest BCUT2D eigenvalue weighted by Crippen LogP contribution is 2.22. The molecule has 0 atom stereocenters. The van der Waals surface area contributed by atoms with Crippen molar-refractivity contribution in [2.45, 2.75) is 6.42 Å². The summed E-state index contributed by atoms with van der Waals surface area (Å²) in [7, 11) is 1.58. The molecule has 0 aliphatic carbocycles. The third-order valence-corrected chi connectivity index (χ3v) is 2.69. The highest BCUT2D eigenvalue weighted by molar-refractivity contribution is 6.31. The maximum Gasteiger partial charge on any atom is 0.314 e. The van der Waals surface area contributed by atoms with Gasteiger partial charge in [-0.2, -0.15) is 0 Å². The van der Waals surface area contributed by atoms with E-state index in [9.17, 15) is 4.79 Å². The molecule has 1 aromatic rings. The fourth-order valence-corrected chi connectivity index (χ4v) is 1.67. The van der Waals surface area contributed by atoms with E-state index in [2.05, 4.69) is 10.6 Å². The van der Waals surface area contributed by atoms with Gasteiger partial charge in [-0.1, -0.05) is 17.7 Å². The van der Waals surface area contributed by atoms with Crippen LogP contribution in [0.1, 0.15) is 5.56 Å². The van der Waals surface area contributed by atoms with Gasteiger partial charge in [0.05, 0.1) is 13.7 Å². The Kier molecular flexibility index (Phi) is 6.32. The van der Waals surface area contributed by atoms with Crippen LogP contribution in [0.25, 0.3) is 0 Å². The highest BCUT2D eigenvalue weighted by Gasteiger charge is 2.03. The minimum atomic E-state index is -0.298. The molecule has 0 fully saturated rings. The molecule has 1 rings (SSSR count). The average Bonchev–Trinajstić information content (AvgIpc) is 2.38. The predicted octanol–water partition coefficient (Wildman–Crippen LogP) is 1.18. The van der Waals surface area contributed by atoms with E-state index in [-0.39, 0.29) is 19.2 Å². The van der Waals surface area contributed by atoms with Crippen molar-refractivity contribution >= 4 is 17.6 Å². The van der Waals surface area contributed by atoms with Gasteiger partial charge in [0.15, 0.2) is 0 Å². The van der Waals surface area contributed by atoms with Crippen LogP contribution in [0, 0.1) is 0 Å². The molecule has 0 saturated heterocycles. The molecule has 3 N–H and O–H groups in total. The number of ether oxygens (including phenoxy) is 1. The molecule has 0 unspecified atom stereocenters. The van der Waals surface area contributed by atoms with Crippen molar-refractivity contribution in [1.82, 2.24) is 10.6 Å². The maximum absolute atomic E-state index is 11.2. The van der Waals surface area contributed by atoms with Crippen LogP contribution < -0.4 is 15.4 Å². The minimum Gasteiger partial charge on any atom is -0.497 e. The smallest absolute Gasteiger partial charge is 0.314 e. The molecule has 6 heteroatoms. The normalized spacial score (nSPS) is 9.94. The van der Waals surface area contributed by atoms with Crippen LogP contribution in [0.3, 0.4) is 0 Å². The van der Waals surface area contributed by atoms with Gasteiger partial charge in [0, 0.05) is 18.1 Å². The number of carbonyl (C=O) groups excluding carboxylic acids is 1. The second-order valence-corrected chi connectivity index (χ2v) is 4.02. The number of carbonyl (C=O) groups is 1. The van der Waals surface area contributed by atoms with Gasteiger partial charge in [-0.15, -0.1) is 0 Å². The van der Waals surface area contributed by atoms with E-state index >= 15 is 0 Å². The van der Waals surface area contributed by atoms with Crippen LogP contribution in [-0.4, -0.2) is 37.9 Å². The summed E-state index contributed by atoms with van der Waals surface area (Å²) < 4.78 is 5.05. The number of amides is 2. The van der Waals surface area contributed by atoms with E-state index < -0.39 is 0 Å². The zero-order chi connectivity index (χ0) is 13.4. The van der Waals surface area contributed by atoms with Crippen molar-refractivity contribution in [3.63, 3.8) is 0 Å². The molecule has 0 spiro atoms. The summed E-state index contributed by atoms with van der Waals surface area (Å²) in [5.74, 6) is 0.706. The number of urea groups is 1. The first-order valence-electron chi connectivity index (χ1n) is 5.62. The summed E-state index contributed by atoms with van der Waals surface area (Å²) in [6.07, 6.45) is 0.634. The zero-order valence-corrected chi connectivity index (χ0v) is 11.0. The Hall–Kier alpha value is -1.46. The third kappa shape index (κ3) is 4.81. The lowest BCUT2D eigenvalue weighted by Gasteiger charge is -2.08. The molecule has 0 saturated carbocycles. The number of aliphatic hydroxyl groups is 1. The van der Waals surface area contributed by atoms with Gasteiger partial charge in [0.2, 0.25) is 0 Å². The lowest BCUT2D eigenvalue weighted by atomic mass is 10.1. The molecule has 18 heavy (non-hydrogen) atoms. The van der Waals surface area contributed by atoms with Crippen molar-refractivity contribution < 1.29 is 14.6 Å². The largest absolute Gasteiger partial charge is 0.497 e. The van der Waals surface area contributed by atoms with E-state index in [1.54, 1.807) is 13.2 Å². The Morgan fingerprint density at radius 3 is 2.72 bits per heavy atom. The van der Waals surface area contributed by atoms with Crippen LogP contribution in [0.15, 0.2) is 18.2 Å². The third-order valence-electron chi connectivity index (χ3n) is 2.34. The molecule has 0 bridgehead atoms. The second-order valence-electron chi connectivity index (χ2n) is 3.61. The minimum absolute atomic E-state index is 0.0717. The summed E-state index contributed by atoms with van der Waals surface area (Å²) >= 11 is 6.07. The first-order valence-corrected chi connectivity index (χ1v) is 6.00. The van der Waals surface area contributed by atoms with Crippen LogP contribution >= 0.6 is 11.6 Å². The van der Waals surface area contributed by atoms with Gasteiger partial charge in [-0.3, -0.25) is 0 Å². The van der Waals surface area contributed by atoms with E-state index in [1.165, 1.54) is 0 Å².